The molecule has 0 bridgehead atoms. The van der Waals surface area contributed by atoms with Gasteiger partial charge in [0, 0.05) is 7.11 Å². The number of hydrogen-bond donors (Lipinski definition) is 0. The van der Waals surface area contributed by atoms with Gasteiger partial charge in [0.05, 0.1) is 17.6 Å². The molecule has 0 spiro atoms. The van der Waals surface area contributed by atoms with Crippen LogP contribution in [0.25, 0.3) is 0 Å². The SMILES string of the molecule is COC(C)Cn1cc([N+](=O)[O-])cn1. The molecule has 0 aliphatic heterocycles. The van der Waals surface area contributed by atoms with E-state index >= 15 is 0 Å². The second-order valence-corrected chi connectivity index (χ2v) is 2.72. The Labute approximate surface area is 75.3 Å². The Kier molecular flexibility index (Phi) is 2.97. The summed E-state index contributed by atoms with van der Waals surface area (Å²) in [7, 11) is 1.59. The van der Waals surface area contributed by atoms with E-state index in [0.29, 0.717) is 6.54 Å². The first-order chi connectivity index (χ1) is 6.13. The van der Waals surface area contributed by atoms with E-state index in [9.17, 15) is 10.1 Å². The lowest BCUT2D eigenvalue weighted by molar-refractivity contribution is -0.385. The van der Waals surface area contributed by atoms with E-state index in [0.717, 1.165) is 0 Å². The van der Waals surface area contributed by atoms with E-state index in [1.54, 1.807) is 7.11 Å². The van der Waals surface area contributed by atoms with Crippen molar-refractivity contribution in [3.05, 3.63) is 22.5 Å². The Hall–Kier alpha value is -1.43. The summed E-state index contributed by atoms with van der Waals surface area (Å²) in [6.45, 7) is 2.39. The predicted molar refractivity (Wildman–Crippen MR) is 45.4 cm³/mol. The number of nitro groups is 1. The number of nitrogens with zero attached hydrogens (tertiary/aromatic N) is 3. The first-order valence-electron chi connectivity index (χ1n) is 3.83. The highest BCUT2D eigenvalue weighted by molar-refractivity contribution is 5.20. The van der Waals surface area contributed by atoms with Crippen LogP contribution in [0.4, 0.5) is 5.69 Å². The van der Waals surface area contributed by atoms with Crippen LogP contribution in [-0.2, 0) is 11.3 Å². The maximum absolute atomic E-state index is 10.3. The maximum atomic E-state index is 10.3. The van der Waals surface area contributed by atoms with Crippen LogP contribution in [0.3, 0.4) is 0 Å². The smallest absolute Gasteiger partial charge is 0.306 e. The van der Waals surface area contributed by atoms with Gasteiger partial charge in [0.2, 0.25) is 0 Å². The molecule has 0 amide bonds. The summed E-state index contributed by atoms with van der Waals surface area (Å²) in [5.74, 6) is 0. The lowest BCUT2D eigenvalue weighted by Crippen LogP contribution is -2.14. The lowest BCUT2D eigenvalue weighted by atomic mass is 10.4. The molecule has 13 heavy (non-hydrogen) atoms. The minimum atomic E-state index is -0.471. The molecule has 6 heteroatoms. The zero-order valence-electron chi connectivity index (χ0n) is 7.51. The fraction of sp³-hybridized carbons (Fsp3) is 0.571. The third kappa shape index (κ3) is 2.51. The van der Waals surface area contributed by atoms with Crippen LogP contribution in [0.5, 0.6) is 0 Å². The van der Waals surface area contributed by atoms with Crippen molar-refractivity contribution in [2.75, 3.05) is 7.11 Å². The predicted octanol–water partition coefficient (Wildman–Crippen LogP) is 0.826. The van der Waals surface area contributed by atoms with Crippen molar-refractivity contribution >= 4 is 5.69 Å². The molecular weight excluding hydrogens is 174 g/mol. The summed E-state index contributed by atoms with van der Waals surface area (Å²) in [5, 5.41) is 14.1. The van der Waals surface area contributed by atoms with Gasteiger partial charge in [-0.05, 0) is 6.92 Å². The third-order valence-corrected chi connectivity index (χ3v) is 1.68. The number of rotatable bonds is 4. The quantitative estimate of drug-likeness (QED) is 0.514. The number of ether oxygens (including phenoxy) is 1. The van der Waals surface area contributed by atoms with Crippen LogP contribution in [0, 0.1) is 10.1 Å². The van der Waals surface area contributed by atoms with Crippen molar-refractivity contribution in [3.8, 4) is 0 Å². The second-order valence-electron chi connectivity index (χ2n) is 2.72. The Balaban J connectivity index is 2.64. The molecule has 0 aromatic carbocycles. The van der Waals surface area contributed by atoms with E-state index in [4.69, 9.17) is 4.74 Å². The third-order valence-electron chi connectivity index (χ3n) is 1.68. The lowest BCUT2D eigenvalue weighted by Gasteiger charge is -2.07. The highest BCUT2D eigenvalue weighted by atomic mass is 16.6. The molecule has 0 saturated carbocycles. The summed E-state index contributed by atoms with van der Waals surface area (Å²) in [6, 6.07) is 0. The van der Waals surface area contributed by atoms with Gasteiger partial charge in [-0.2, -0.15) is 5.10 Å². The molecule has 6 nitrogen and oxygen atoms in total. The molecule has 1 rings (SSSR count). The molecule has 0 N–H and O–H groups in total. The van der Waals surface area contributed by atoms with Gasteiger partial charge in [0.25, 0.3) is 0 Å². The topological polar surface area (TPSA) is 70.2 Å². The van der Waals surface area contributed by atoms with Gasteiger partial charge in [0.15, 0.2) is 0 Å². The summed E-state index contributed by atoms with van der Waals surface area (Å²) in [5.41, 5.74) is 0.00306. The molecule has 0 radical (unpaired) electrons. The molecule has 0 aliphatic carbocycles. The van der Waals surface area contributed by atoms with Crippen LogP contribution in [0.2, 0.25) is 0 Å². The van der Waals surface area contributed by atoms with Crippen molar-refractivity contribution in [3.63, 3.8) is 0 Å². The van der Waals surface area contributed by atoms with Crippen LogP contribution in [-0.4, -0.2) is 27.9 Å². The fourth-order valence-corrected chi connectivity index (χ4v) is 0.885. The molecule has 72 valence electrons. The van der Waals surface area contributed by atoms with Crippen molar-refractivity contribution in [1.82, 2.24) is 9.78 Å². The summed E-state index contributed by atoms with van der Waals surface area (Å²) in [6.07, 6.45) is 2.61. The molecule has 0 aliphatic rings. The fourth-order valence-electron chi connectivity index (χ4n) is 0.885. The maximum Gasteiger partial charge on any atom is 0.306 e. The van der Waals surface area contributed by atoms with Gasteiger partial charge in [-0.25, -0.2) is 0 Å². The zero-order valence-corrected chi connectivity index (χ0v) is 7.51. The molecule has 1 aromatic heterocycles. The van der Waals surface area contributed by atoms with E-state index in [1.165, 1.54) is 17.1 Å². The summed E-state index contributed by atoms with van der Waals surface area (Å²) in [4.78, 5) is 9.82. The molecule has 1 aromatic rings. The zero-order chi connectivity index (χ0) is 9.84. The van der Waals surface area contributed by atoms with Crippen molar-refractivity contribution in [1.29, 1.82) is 0 Å². The largest absolute Gasteiger partial charge is 0.380 e. The first kappa shape index (κ1) is 9.66. The van der Waals surface area contributed by atoms with Gasteiger partial charge in [0.1, 0.15) is 12.4 Å². The normalized spacial score (nSPS) is 12.8. The van der Waals surface area contributed by atoms with Crippen LogP contribution in [0.1, 0.15) is 6.92 Å². The van der Waals surface area contributed by atoms with Gasteiger partial charge in [-0.1, -0.05) is 0 Å². The molecule has 1 atom stereocenters. The van der Waals surface area contributed by atoms with Gasteiger partial charge < -0.3 is 4.74 Å². The second kappa shape index (κ2) is 3.99. The van der Waals surface area contributed by atoms with E-state index in [-0.39, 0.29) is 11.8 Å². The highest BCUT2D eigenvalue weighted by Gasteiger charge is 2.09. The minimum Gasteiger partial charge on any atom is -0.380 e. The van der Waals surface area contributed by atoms with Crippen LogP contribution < -0.4 is 0 Å². The Morgan fingerprint density at radius 2 is 2.54 bits per heavy atom. The number of hydrogen-bond acceptors (Lipinski definition) is 4. The summed E-state index contributed by atoms with van der Waals surface area (Å²) >= 11 is 0. The number of aromatic nitrogens is 2. The minimum absolute atomic E-state index is 0.000459. The standard InChI is InChI=1S/C7H11N3O3/c1-6(13-2)4-9-5-7(3-8-9)10(11)12/h3,5-6H,4H2,1-2H3. The molecule has 1 heterocycles. The monoisotopic (exact) mass is 185 g/mol. The first-order valence-corrected chi connectivity index (χ1v) is 3.83. The summed E-state index contributed by atoms with van der Waals surface area (Å²) < 4.78 is 6.49. The Morgan fingerprint density at radius 3 is 3.00 bits per heavy atom. The Morgan fingerprint density at radius 1 is 1.85 bits per heavy atom. The average Bonchev–Trinajstić information content (AvgIpc) is 2.52. The molecule has 0 saturated heterocycles. The molecule has 1 unspecified atom stereocenters. The van der Waals surface area contributed by atoms with Crippen molar-refractivity contribution in [2.24, 2.45) is 0 Å². The average molecular weight is 185 g/mol. The Bertz CT molecular complexity index is 297. The van der Waals surface area contributed by atoms with Crippen LogP contribution in [0.15, 0.2) is 12.4 Å². The van der Waals surface area contributed by atoms with Crippen molar-refractivity contribution in [2.45, 2.75) is 19.6 Å². The van der Waals surface area contributed by atoms with Gasteiger partial charge in [-0.15, -0.1) is 0 Å². The van der Waals surface area contributed by atoms with E-state index < -0.39 is 4.92 Å². The molecular formula is C7H11N3O3. The van der Waals surface area contributed by atoms with Gasteiger partial charge >= 0.3 is 5.69 Å². The van der Waals surface area contributed by atoms with Crippen LogP contribution >= 0.6 is 0 Å². The highest BCUT2D eigenvalue weighted by Crippen LogP contribution is 2.08. The van der Waals surface area contributed by atoms with Gasteiger partial charge in [-0.3, -0.25) is 14.8 Å². The molecule has 0 fully saturated rings. The van der Waals surface area contributed by atoms with E-state index in [1.807, 2.05) is 6.92 Å². The van der Waals surface area contributed by atoms with Crippen molar-refractivity contribution < 1.29 is 9.66 Å². The number of methoxy groups -OCH3 is 1. The van der Waals surface area contributed by atoms with E-state index in [2.05, 4.69) is 5.10 Å².